The number of carbonyl (C=O) groups is 2. The average molecular weight is 545 g/mol. The van der Waals surface area contributed by atoms with Gasteiger partial charge in [0, 0.05) is 24.4 Å². The third-order valence-electron chi connectivity index (χ3n) is 10.2. The molecule has 39 heavy (non-hydrogen) atoms. The molecule has 6 atom stereocenters. The summed E-state index contributed by atoms with van der Waals surface area (Å²) in [6, 6.07) is 5.77. The maximum absolute atomic E-state index is 13.1. The van der Waals surface area contributed by atoms with Gasteiger partial charge in [-0.05, 0) is 73.5 Å². The molecule has 6 unspecified atom stereocenters. The summed E-state index contributed by atoms with van der Waals surface area (Å²) in [5.41, 5.74) is -0.110. The van der Waals surface area contributed by atoms with Crippen LogP contribution in [-0.4, -0.2) is 53.9 Å². The highest BCUT2D eigenvalue weighted by atomic mass is 16.7. The predicted molar refractivity (Wildman–Crippen MR) is 144 cm³/mol. The minimum absolute atomic E-state index is 0.00582. The van der Waals surface area contributed by atoms with Gasteiger partial charge >= 0.3 is 6.09 Å². The number of hydrogen-bond donors (Lipinski definition) is 4. The van der Waals surface area contributed by atoms with Crippen molar-refractivity contribution in [1.29, 1.82) is 0 Å². The number of alkyl carbamates (subject to hydrolysis) is 1. The molecule has 5 rings (SSSR count). The molecule has 2 amide bonds. The summed E-state index contributed by atoms with van der Waals surface area (Å²) >= 11 is 0. The number of carbonyl (C=O) groups excluding carboxylic acids is 2. The molecule has 9 nitrogen and oxygen atoms in total. The number of ether oxygens (including phenoxy) is 3. The minimum Gasteiger partial charge on any atom is -0.454 e. The van der Waals surface area contributed by atoms with Crippen LogP contribution in [0.4, 0.5) is 4.79 Å². The second-order valence-electron chi connectivity index (χ2n) is 12.6. The first kappa shape index (κ1) is 28.0. The zero-order valence-corrected chi connectivity index (χ0v) is 23.2. The summed E-state index contributed by atoms with van der Waals surface area (Å²) in [6.07, 6.45) is 6.77. The fraction of sp³-hybridized carbons (Fsp3) is 0.733. The maximum Gasteiger partial charge on any atom is 0.407 e. The van der Waals surface area contributed by atoms with E-state index in [1.165, 1.54) is 6.42 Å². The van der Waals surface area contributed by atoms with Gasteiger partial charge in [0.05, 0.1) is 12.7 Å². The zero-order valence-electron chi connectivity index (χ0n) is 23.2. The maximum atomic E-state index is 13.1. The van der Waals surface area contributed by atoms with Gasteiger partial charge in [-0.3, -0.25) is 4.79 Å². The first-order chi connectivity index (χ1) is 18.7. The molecule has 3 saturated carbocycles. The molecule has 1 aromatic rings. The van der Waals surface area contributed by atoms with Crippen LogP contribution in [0.5, 0.6) is 11.5 Å². The fourth-order valence-electron chi connectivity index (χ4n) is 7.88. The molecule has 0 aromatic heterocycles. The number of rotatable bonds is 7. The molecule has 3 aliphatic carbocycles. The van der Waals surface area contributed by atoms with Gasteiger partial charge < -0.3 is 35.1 Å². The summed E-state index contributed by atoms with van der Waals surface area (Å²) < 4.78 is 16.8. The van der Waals surface area contributed by atoms with Gasteiger partial charge in [0.25, 0.3) is 0 Å². The van der Waals surface area contributed by atoms with E-state index in [2.05, 4.69) is 17.6 Å². The Morgan fingerprint density at radius 2 is 1.82 bits per heavy atom. The fourth-order valence-corrected chi connectivity index (χ4v) is 7.88. The van der Waals surface area contributed by atoms with Crippen LogP contribution >= 0.6 is 0 Å². The van der Waals surface area contributed by atoms with E-state index < -0.39 is 23.7 Å². The number of hydrogen-bond acceptors (Lipinski definition) is 7. The molecule has 1 aromatic carbocycles. The number of fused-ring (bicyclic) bond motifs is 2. The minimum atomic E-state index is -0.655. The van der Waals surface area contributed by atoms with Crippen LogP contribution in [0.3, 0.4) is 0 Å². The van der Waals surface area contributed by atoms with Gasteiger partial charge in [-0.25, -0.2) is 4.79 Å². The van der Waals surface area contributed by atoms with Gasteiger partial charge in [0.2, 0.25) is 12.7 Å². The first-order valence-corrected chi connectivity index (χ1v) is 14.6. The number of amides is 2. The first-order valence-electron chi connectivity index (χ1n) is 14.6. The van der Waals surface area contributed by atoms with Crippen LogP contribution < -0.4 is 20.1 Å². The second-order valence-corrected chi connectivity index (χ2v) is 12.6. The number of aliphatic hydroxyl groups excluding tert-OH is 2. The second kappa shape index (κ2) is 11.5. The van der Waals surface area contributed by atoms with Crippen molar-refractivity contribution >= 4 is 12.0 Å². The van der Waals surface area contributed by atoms with Crippen molar-refractivity contribution in [2.45, 2.75) is 103 Å². The molecule has 4 N–H and O–H groups in total. The van der Waals surface area contributed by atoms with Crippen molar-refractivity contribution in [2.75, 3.05) is 13.4 Å². The molecule has 9 heteroatoms. The summed E-state index contributed by atoms with van der Waals surface area (Å²) in [7, 11) is 0. The summed E-state index contributed by atoms with van der Waals surface area (Å²) in [4.78, 5) is 25.9. The molecule has 4 aliphatic rings. The van der Waals surface area contributed by atoms with E-state index >= 15 is 0 Å². The number of aliphatic hydroxyl groups is 2. The normalized spacial score (nSPS) is 34.2. The van der Waals surface area contributed by atoms with E-state index in [1.54, 1.807) is 0 Å². The van der Waals surface area contributed by atoms with E-state index in [0.29, 0.717) is 43.7 Å². The number of nitrogens with one attached hydrogen (secondary N) is 2. The quantitative estimate of drug-likeness (QED) is 0.408. The Balaban J connectivity index is 1.23. The highest BCUT2D eigenvalue weighted by Crippen LogP contribution is 2.61. The van der Waals surface area contributed by atoms with Crippen LogP contribution in [0.2, 0.25) is 0 Å². The molecule has 0 radical (unpaired) electrons. The van der Waals surface area contributed by atoms with Gasteiger partial charge in [-0.1, -0.05) is 39.2 Å². The highest BCUT2D eigenvalue weighted by molar-refractivity contribution is 5.76. The highest BCUT2D eigenvalue weighted by Gasteiger charge is 2.60. The molecule has 216 valence electrons. The zero-order chi connectivity index (χ0) is 27.6. The van der Waals surface area contributed by atoms with Gasteiger partial charge in [0.1, 0.15) is 6.10 Å². The van der Waals surface area contributed by atoms with Crippen LogP contribution in [-0.2, 0) is 16.1 Å². The van der Waals surface area contributed by atoms with Gasteiger partial charge in [-0.2, -0.15) is 0 Å². The van der Waals surface area contributed by atoms with Crippen molar-refractivity contribution in [2.24, 2.45) is 22.7 Å². The Morgan fingerprint density at radius 1 is 1.05 bits per heavy atom. The molecular weight excluding hydrogens is 500 g/mol. The largest absolute Gasteiger partial charge is 0.454 e. The summed E-state index contributed by atoms with van der Waals surface area (Å²) in [6.45, 7) is 4.59. The molecule has 0 bridgehead atoms. The molecular formula is C30H44N2O7. The summed E-state index contributed by atoms with van der Waals surface area (Å²) in [5, 5.41) is 27.8. The lowest BCUT2D eigenvalue weighted by molar-refractivity contribution is -0.186. The summed E-state index contributed by atoms with van der Waals surface area (Å²) in [5.74, 6) is 1.01. The lowest BCUT2D eigenvalue weighted by Gasteiger charge is -2.60. The SMILES string of the molecule is CC1(CO)C(OC(=O)NC2CCCCC2)CCC2(C)C(CC(=O)NCc3ccc4c(c3)OCO4)C(O)CCC12. The Kier molecular flexibility index (Phi) is 8.29. The Labute approximate surface area is 231 Å². The van der Waals surface area contributed by atoms with Crippen molar-refractivity contribution in [1.82, 2.24) is 10.6 Å². The molecule has 3 fully saturated rings. The van der Waals surface area contributed by atoms with Crippen LogP contribution in [0.1, 0.15) is 83.6 Å². The van der Waals surface area contributed by atoms with E-state index in [4.69, 9.17) is 14.2 Å². The number of benzene rings is 1. The van der Waals surface area contributed by atoms with E-state index in [1.807, 2.05) is 25.1 Å². The monoisotopic (exact) mass is 544 g/mol. The lowest BCUT2D eigenvalue weighted by Crippen LogP contribution is -2.61. The van der Waals surface area contributed by atoms with Crippen LogP contribution in [0.25, 0.3) is 0 Å². The molecule has 0 saturated heterocycles. The molecule has 1 aliphatic heterocycles. The van der Waals surface area contributed by atoms with Crippen molar-refractivity contribution in [3.8, 4) is 11.5 Å². The third kappa shape index (κ3) is 5.71. The Bertz CT molecular complexity index is 1040. The van der Waals surface area contributed by atoms with Crippen molar-refractivity contribution < 1.29 is 34.0 Å². The van der Waals surface area contributed by atoms with E-state index in [9.17, 15) is 19.8 Å². The Morgan fingerprint density at radius 3 is 2.59 bits per heavy atom. The predicted octanol–water partition coefficient (Wildman–Crippen LogP) is 4.03. The van der Waals surface area contributed by atoms with Crippen LogP contribution in [0.15, 0.2) is 18.2 Å². The Hall–Kier alpha value is -2.52. The topological polar surface area (TPSA) is 126 Å². The molecule has 0 spiro atoms. The average Bonchev–Trinajstić information content (AvgIpc) is 3.40. The van der Waals surface area contributed by atoms with Crippen molar-refractivity contribution in [3.05, 3.63) is 23.8 Å². The standard InChI is InChI=1S/C30H44N2O7/c1-29-13-12-26(39-28(36)32-20-6-4-3-5-7-20)30(2,17-33)25(29)11-9-22(34)21(29)15-27(35)31-16-19-8-10-23-24(14-19)38-18-37-23/h8,10,14,20-22,25-26,33-34H,3-7,9,11-13,15-18H2,1-2H3,(H,31,35)(H,32,36). The van der Waals surface area contributed by atoms with Crippen LogP contribution in [0, 0.1) is 22.7 Å². The molecule has 1 heterocycles. The van der Waals surface area contributed by atoms with Gasteiger partial charge in [-0.15, -0.1) is 0 Å². The lowest BCUT2D eigenvalue weighted by atomic mass is 9.46. The van der Waals surface area contributed by atoms with E-state index in [-0.39, 0.29) is 49.0 Å². The third-order valence-corrected chi connectivity index (χ3v) is 10.2. The van der Waals surface area contributed by atoms with E-state index in [0.717, 1.165) is 31.2 Å². The smallest absolute Gasteiger partial charge is 0.407 e. The van der Waals surface area contributed by atoms with Gasteiger partial charge in [0.15, 0.2) is 11.5 Å². The van der Waals surface area contributed by atoms with Crippen molar-refractivity contribution in [3.63, 3.8) is 0 Å².